The van der Waals surface area contributed by atoms with Crippen molar-refractivity contribution in [1.29, 1.82) is 0 Å². The van der Waals surface area contributed by atoms with Gasteiger partial charge < -0.3 is 11.1 Å². The van der Waals surface area contributed by atoms with Gasteiger partial charge in [0.25, 0.3) is 0 Å². The highest BCUT2D eigenvalue weighted by atomic mass is 19.1. The molecular formula is C13H19FN2. The summed E-state index contributed by atoms with van der Waals surface area (Å²) >= 11 is 0. The van der Waals surface area contributed by atoms with Crippen molar-refractivity contribution in [3.8, 4) is 0 Å². The molecule has 1 fully saturated rings. The molecule has 0 aliphatic heterocycles. The molecule has 3 N–H and O–H groups in total. The molecule has 1 aromatic carbocycles. The van der Waals surface area contributed by atoms with Gasteiger partial charge in [0.2, 0.25) is 0 Å². The van der Waals surface area contributed by atoms with Gasteiger partial charge >= 0.3 is 0 Å². The van der Waals surface area contributed by atoms with Gasteiger partial charge in [0, 0.05) is 25.0 Å². The first-order valence-electron chi connectivity index (χ1n) is 5.98. The second-order valence-electron chi connectivity index (χ2n) is 4.52. The Balaban J connectivity index is 1.90. The predicted molar refractivity (Wildman–Crippen MR) is 63.8 cm³/mol. The molecule has 1 atom stereocenters. The van der Waals surface area contributed by atoms with Gasteiger partial charge in [-0.05, 0) is 30.5 Å². The Morgan fingerprint density at radius 3 is 2.50 bits per heavy atom. The van der Waals surface area contributed by atoms with Crippen molar-refractivity contribution in [2.24, 2.45) is 5.73 Å². The molecule has 88 valence electrons. The Bertz CT molecular complexity index is 319. The summed E-state index contributed by atoms with van der Waals surface area (Å²) in [6, 6.07) is 7.34. The number of halogens is 1. The van der Waals surface area contributed by atoms with Gasteiger partial charge in [-0.1, -0.05) is 18.6 Å². The first-order valence-corrected chi connectivity index (χ1v) is 5.98. The van der Waals surface area contributed by atoms with E-state index in [1.165, 1.54) is 31.4 Å². The third kappa shape index (κ3) is 2.80. The van der Waals surface area contributed by atoms with E-state index in [0.29, 0.717) is 18.5 Å². The Hall–Kier alpha value is -0.930. The molecule has 2 rings (SSSR count). The summed E-state index contributed by atoms with van der Waals surface area (Å²) in [4.78, 5) is 0. The van der Waals surface area contributed by atoms with E-state index in [2.05, 4.69) is 5.32 Å². The highest BCUT2D eigenvalue weighted by Crippen LogP contribution is 2.20. The maximum atomic E-state index is 12.8. The normalized spacial score (nSPS) is 18.1. The summed E-state index contributed by atoms with van der Waals surface area (Å²) in [5, 5.41) is 3.51. The molecule has 0 spiro atoms. The fraction of sp³-hybridized carbons (Fsp3) is 0.538. The minimum absolute atomic E-state index is 0.188. The van der Waals surface area contributed by atoms with E-state index >= 15 is 0 Å². The Morgan fingerprint density at radius 2 is 2.00 bits per heavy atom. The summed E-state index contributed by atoms with van der Waals surface area (Å²) < 4.78 is 12.8. The molecule has 0 radical (unpaired) electrons. The van der Waals surface area contributed by atoms with E-state index in [1.807, 2.05) is 12.1 Å². The molecule has 0 bridgehead atoms. The number of benzene rings is 1. The van der Waals surface area contributed by atoms with Gasteiger partial charge in [-0.2, -0.15) is 0 Å². The first kappa shape index (κ1) is 11.6. The van der Waals surface area contributed by atoms with Crippen LogP contribution in [0, 0.1) is 5.82 Å². The number of rotatable bonds is 5. The third-order valence-electron chi connectivity index (χ3n) is 3.38. The van der Waals surface area contributed by atoms with Gasteiger partial charge in [-0.25, -0.2) is 4.39 Å². The second kappa shape index (κ2) is 5.41. The van der Waals surface area contributed by atoms with E-state index in [-0.39, 0.29) is 5.82 Å². The fourth-order valence-electron chi connectivity index (χ4n) is 1.99. The highest BCUT2D eigenvalue weighted by Gasteiger charge is 2.18. The molecule has 1 saturated carbocycles. The van der Waals surface area contributed by atoms with Crippen LogP contribution in [0.5, 0.6) is 0 Å². The second-order valence-corrected chi connectivity index (χ2v) is 4.52. The zero-order valence-electron chi connectivity index (χ0n) is 9.45. The topological polar surface area (TPSA) is 38.0 Å². The Labute approximate surface area is 96.0 Å². The number of nitrogens with two attached hydrogens (primary N) is 1. The van der Waals surface area contributed by atoms with Crippen LogP contribution < -0.4 is 11.1 Å². The lowest BCUT2D eigenvalue weighted by Gasteiger charge is -2.28. The SMILES string of the molecule is NCC(CNC1CCC1)c1ccc(F)cc1. The Morgan fingerprint density at radius 1 is 1.31 bits per heavy atom. The van der Waals surface area contributed by atoms with Crippen molar-refractivity contribution in [2.75, 3.05) is 13.1 Å². The van der Waals surface area contributed by atoms with E-state index in [9.17, 15) is 4.39 Å². The summed E-state index contributed by atoms with van der Waals surface area (Å²) in [6.07, 6.45) is 3.89. The van der Waals surface area contributed by atoms with Crippen molar-refractivity contribution >= 4 is 0 Å². The third-order valence-corrected chi connectivity index (χ3v) is 3.38. The number of hydrogen-bond acceptors (Lipinski definition) is 2. The minimum atomic E-state index is -0.188. The quantitative estimate of drug-likeness (QED) is 0.799. The number of hydrogen-bond donors (Lipinski definition) is 2. The molecule has 1 aromatic rings. The first-order chi connectivity index (χ1) is 7.79. The molecule has 1 aliphatic rings. The van der Waals surface area contributed by atoms with Crippen LogP contribution in [0.3, 0.4) is 0 Å². The predicted octanol–water partition coefficient (Wildman–Crippen LogP) is 2.01. The van der Waals surface area contributed by atoms with Crippen LogP contribution in [0.2, 0.25) is 0 Å². The highest BCUT2D eigenvalue weighted by molar-refractivity contribution is 5.21. The van der Waals surface area contributed by atoms with Crippen molar-refractivity contribution in [3.63, 3.8) is 0 Å². The molecule has 0 heterocycles. The molecular weight excluding hydrogens is 203 g/mol. The zero-order valence-corrected chi connectivity index (χ0v) is 9.45. The molecule has 0 aromatic heterocycles. The minimum Gasteiger partial charge on any atom is -0.330 e. The molecule has 3 heteroatoms. The average Bonchev–Trinajstić information content (AvgIpc) is 2.24. The summed E-state index contributed by atoms with van der Waals surface area (Å²) in [5.74, 6) is 0.104. The molecule has 0 saturated heterocycles. The fourth-order valence-corrected chi connectivity index (χ4v) is 1.99. The smallest absolute Gasteiger partial charge is 0.123 e. The lowest BCUT2D eigenvalue weighted by atomic mass is 9.91. The van der Waals surface area contributed by atoms with Crippen LogP contribution in [-0.2, 0) is 0 Å². The van der Waals surface area contributed by atoms with Gasteiger partial charge in [0.05, 0.1) is 0 Å². The summed E-state index contributed by atoms with van der Waals surface area (Å²) in [6.45, 7) is 1.50. The zero-order chi connectivity index (χ0) is 11.4. The van der Waals surface area contributed by atoms with E-state index in [4.69, 9.17) is 5.73 Å². The monoisotopic (exact) mass is 222 g/mol. The summed E-state index contributed by atoms with van der Waals surface area (Å²) in [7, 11) is 0. The molecule has 16 heavy (non-hydrogen) atoms. The maximum absolute atomic E-state index is 12.8. The summed E-state index contributed by atoms with van der Waals surface area (Å²) in [5.41, 5.74) is 6.88. The van der Waals surface area contributed by atoms with Gasteiger partial charge in [0.1, 0.15) is 5.82 Å². The van der Waals surface area contributed by atoms with Crippen LogP contribution in [0.1, 0.15) is 30.7 Å². The van der Waals surface area contributed by atoms with E-state index in [1.54, 1.807) is 0 Å². The lowest BCUT2D eigenvalue weighted by Crippen LogP contribution is -2.39. The lowest BCUT2D eigenvalue weighted by molar-refractivity contribution is 0.332. The molecule has 1 aliphatic carbocycles. The average molecular weight is 222 g/mol. The van der Waals surface area contributed by atoms with E-state index < -0.39 is 0 Å². The van der Waals surface area contributed by atoms with Crippen LogP contribution >= 0.6 is 0 Å². The standard InChI is InChI=1S/C13H19FN2/c14-12-6-4-10(5-7-12)11(8-15)9-16-13-2-1-3-13/h4-7,11,13,16H,1-3,8-9,15H2. The van der Waals surface area contributed by atoms with Crippen molar-refractivity contribution < 1.29 is 4.39 Å². The van der Waals surface area contributed by atoms with Gasteiger partial charge in [-0.3, -0.25) is 0 Å². The van der Waals surface area contributed by atoms with Crippen LogP contribution in [0.4, 0.5) is 4.39 Å². The van der Waals surface area contributed by atoms with Crippen LogP contribution in [0.25, 0.3) is 0 Å². The maximum Gasteiger partial charge on any atom is 0.123 e. The Kier molecular flexibility index (Phi) is 3.91. The van der Waals surface area contributed by atoms with Crippen LogP contribution in [0.15, 0.2) is 24.3 Å². The molecule has 1 unspecified atom stereocenters. The van der Waals surface area contributed by atoms with Crippen LogP contribution in [-0.4, -0.2) is 19.1 Å². The number of nitrogens with one attached hydrogen (secondary N) is 1. The van der Waals surface area contributed by atoms with Gasteiger partial charge in [-0.15, -0.1) is 0 Å². The molecule has 0 amide bonds. The molecule has 2 nitrogen and oxygen atoms in total. The van der Waals surface area contributed by atoms with Crippen molar-refractivity contribution in [3.05, 3.63) is 35.6 Å². The van der Waals surface area contributed by atoms with Crippen molar-refractivity contribution in [1.82, 2.24) is 5.32 Å². The van der Waals surface area contributed by atoms with Gasteiger partial charge in [0.15, 0.2) is 0 Å². The largest absolute Gasteiger partial charge is 0.330 e. The van der Waals surface area contributed by atoms with Crippen molar-refractivity contribution in [2.45, 2.75) is 31.2 Å². The van der Waals surface area contributed by atoms with E-state index in [0.717, 1.165) is 12.1 Å².